The lowest BCUT2D eigenvalue weighted by Gasteiger charge is -2.14. The summed E-state index contributed by atoms with van der Waals surface area (Å²) in [7, 11) is 0. The molecule has 0 spiro atoms. The zero-order valence-electron chi connectivity index (χ0n) is 8.73. The maximum absolute atomic E-state index is 10.6. The van der Waals surface area contributed by atoms with Gasteiger partial charge in [0.2, 0.25) is 5.91 Å². The number of amides is 1. The van der Waals surface area contributed by atoms with Gasteiger partial charge in [0.05, 0.1) is 6.10 Å². The molecule has 1 aromatic heterocycles. The molecular formula is C10H15NO3S. The molecule has 2 atom stereocenters. The molecular weight excluding hydrogens is 214 g/mol. The highest BCUT2D eigenvalue weighted by Crippen LogP contribution is 2.24. The van der Waals surface area contributed by atoms with E-state index in [1.54, 1.807) is 0 Å². The highest BCUT2D eigenvalue weighted by molar-refractivity contribution is 7.10. The lowest BCUT2D eigenvalue weighted by molar-refractivity contribution is -0.122. The smallest absolute Gasteiger partial charge is 0.218 e. The Labute approximate surface area is 92.6 Å². The van der Waals surface area contributed by atoms with Gasteiger partial charge in [0.1, 0.15) is 6.23 Å². The lowest BCUT2D eigenvalue weighted by atomic mass is 10.2. The minimum Gasteiger partial charge on any atom is -0.387 e. The fourth-order valence-electron chi connectivity index (χ4n) is 1.25. The van der Waals surface area contributed by atoms with Crippen LogP contribution in [0.2, 0.25) is 0 Å². The first kappa shape index (κ1) is 12.2. The van der Waals surface area contributed by atoms with E-state index >= 15 is 0 Å². The highest BCUT2D eigenvalue weighted by atomic mass is 32.1. The monoisotopic (exact) mass is 229 g/mol. The summed E-state index contributed by atoms with van der Waals surface area (Å²) in [5, 5.41) is 23.3. The first-order valence-corrected chi connectivity index (χ1v) is 5.55. The van der Waals surface area contributed by atoms with E-state index in [2.05, 4.69) is 5.32 Å². The van der Waals surface area contributed by atoms with E-state index in [1.165, 1.54) is 18.3 Å². The number of nitrogens with one attached hydrogen (secondary N) is 1. The Morgan fingerprint density at radius 3 is 2.73 bits per heavy atom. The van der Waals surface area contributed by atoms with Gasteiger partial charge in [-0.15, -0.1) is 11.3 Å². The molecule has 15 heavy (non-hydrogen) atoms. The molecule has 4 nitrogen and oxygen atoms in total. The zero-order chi connectivity index (χ0) is 11.4. The van der Waals surface area contributed by atoms with E-state index in [4.69, 9.17) is 0 Å². The Balaban J connectivity index is 2.48. The largest absolute Gasteiger partial charge is 0.387 e. The Kier molecular flexibility index (Phi) is 4.26. The Morgan fingerprint density at radius 2 is 2.27 bits per heavy atom. The molecule has 2 unspecified atom stereocenters. The second-order valence-corrected chi connectivity index (χ2v) is 4.44. The SMILES string of the molecule is CC(=O)NC(O)CC(O)c1cc(C)cs1. The fraction of sp³-hybridized carbons (Fsp3) is 0.500. The van der Waals surface area contributed by atoms with Gasteiger partial charge >= 0.3 is 0 Å². The molecule has 1 rings (SSSR count). The normalized spacial score (nSPS) is 14.7. The van der Waals surface area contributed by atoms with Crippen molar-refractivity contribution in [2.75, 3.05) is 0 Å². The van der Waals surface area contributed by atoms with Gasteiger partial charge in [0.25, 0.3) is 0 Å². The van der Waals surface area contributed by atoms with Crippen LogP contribution in [0.3, 0.4) is 0 Å². The van der Waals surface area contributed by atoms with Crippen molar-refractivity contribution in [1.82, 2.24) is 5.32 Å². The molecule has 1 aromatic rings. The predicted molar refractivity (Wildman–Crippen MR) is 58.5 cm³/mol. The molecule has 1 heterocycles. The molecule has 0 aliphatic rings. The number of rotatable bonds is 4. The van der Waals surface area contributed by atoms with Gasteiger partial charge < -0.3 is 15.5 Å². The van der Waals surface area contributed by atoms with Crippen LogP contribution in [-0.2, 0) is 4.79 Å². The molecule has 3 N–H and O–H groups in total. The molecule has 1 amide bonds. The molecule has 0 aromatic carbocycles. The third kappa shape index (κ3) is 3.99. The molecule has 0 radical (unpaired) electrons. The quantitative estimate of drug-likeness (QED) is 0.673. The van der Waals surface area contributed by atoms with E-state index in [0.717, 1.165) is 10.4 Å². The number of carbonyl (C=O) groups is 1. The van der Waals surface area contributed by atoms with Gasteiger partial charge in [0, 0.05) is 18.2 Å². The molecule has 0 saturated carbocycles. The standard InChI is InChI=1S/C10H15NO3S/c1-6-3-9(15-5-6)8(13)4-10(14)11-7(2)12/h3,5,8,10,13-14H,4H2,1-2H3,(H,11,12). The number of thiophene rings is 1. The van der Waals surface area contributed by atoms with Crippen LogP contribution in [0.5, 0.6) is 0 Å². The minimum absolute atomic E-state index is 0.111. The van der Waals surface area contributed by atoms with Crippen molar-refractivity contribution in [3.8, 4) is 0 Å². The van der Waals surface area contributed by atoms with Crippen molar-refractivity contribution in [3.63, 3.8) is 0 Å². The summed E-state index contributed by atoms with van der Waals surface area (Å²) in [6.45, 7) is 3.27. The zero-order valence-corrected chi connectivity index (χ0v) is 9.54. The maximum Gasteiger partial charge on any atom is 0.218 e. The molecule has 84 valence electrons. The van der Waals surface area contributed by atoms with Crippen LogP contribution in [0.1, 0.15) is 29.9 Å². The van der Waals surface area contributed by atoms with Crippen LogP contribution >= 0.6 is 11.3 Å². The van der Waals surface area contributed by atoms with Gasteiger partial charge in [-0.3, -0.25) is 4.79 Å². The Morgan fingerprint density at radius 1 is 1.60 bits per heavy atom. The summed E-state index contributed by atoms with van der Waals surface area (Å²) in [6.07, 6.45) is -1.62. The van der Waals surface area contributed by atoms with Crippen LogP contribution in [0.25, 0.3) is 0 Å². The number of aryl methyl sites for hydroxylation is 1. The van der Waals surface area contributed by atoms with E-state index in [9.17, 15) is 15.0 Å². The summed E-state index contributed by atoms with van der Waals surface area (Å²) < 4.78 is 0. The van der Waals surface area contributed by atoms with Crippen molar-refractivity contribution in [1.29, 1.82) is 0 Å². The van der Waals surface area contributed by atoms with Gasteiger partial charge in [0.15, 0.2) is 0 Å². The van der Waals surface area contributed by atoms with Gasteiger partial charge in [-0.25, -0.2) is 0 Å². The predicted octanol–water partition coefficient (Wildman–Crippen LogP) is 0.935. The number of hydrogen-bond acceptors (Lipinski definition) is 4. The highest BCUT2D eigenvalue weighted by Gasteiger charge is 2.15. The summed E-state index contributed by atoms with van der Waals surface area (Å²) >= 11 is 1.44. The summed E-state index contributed by atoms with van der Waals surface area (Å²) in [4.78, 5) is 11.4. The summed E-state index contributed by atoms with van der Waals surface area (Å²) in [5.74, 6) is -0.308. The van der Waals surface area contributed by atoms with Gasteiger partial charge in [-0.2, -0.15) is 0 Å². The van der Waals surface area contributed by atoms with Crippen LogP contribution in [0.4, 0.5) is 0 Å². The van der Waals surface area contributed by atoms with Crippen LogP contribution in [-0.4, -0.2) is 22.3 Å². The average Bonchev–Trinajstić information content (AvgIpc) is 2.49. The van der Waals surface area contributed by atoms with Crippen molar-refractivity contribution in [2.45, 2.75) is 32.6 Å². The minimum atomic E-state index is -1.00. The van der Waals surface area contributed by atoms with Gasteiger partial charge in [-0.05, 0) is 23.9 Å². The topological polar surface area (TPSA) is 69.6 Å². The Bertz CT molecular complexity index is 337. The van der Waals surface area contributed by atoms with Crippen LogP contribution in [0.15, 0.2) is 11.4 Å². The molecule has 0 fully saturated rings. The molecule has 0 bridgehead atoms. The summed E-state index contributed by atoms with van der Waals surface area (Å²) in [6, 6.07) is 1.87. The van der Waals surface area contributed by atoms with E-state index < -0.39 is 12.3 Å². The van der Waals surface area contributed by atoms with Crippen molar-refractivity contribution in [2.24, 2.45) is 0 Å². The Hall–Kier alpha value is -0.910. The molecule has 0 saturated heterocycles. The fourth-order valence-corrected chi connectivity index (χ4v) is 2.15. The van der Waals surface area contributed by atoms with Crippen molar-refractivity contribution < 1.29 is 15.0 Å². The van der Waals surface area contributed by atoms with Crippen molar-refractivity contribution in [3.05, 3.63) is 21.9 Å². The molecule has 5 heteroatoms. The van der Waals surface area contributed by atoms with E-state index in [-0.39, 0.29) is 12.3 Å². The lowest BCUT2D eigenvalue weighted by Crippen LogP contribution is -2.33. The summed E-state index contributed by atoms with van der Waals surface area (Å²) in [5.41, 5.74) is 1.09. The maximum atomic E-state index is 10.6. The molecule has 0 aliphatic heterocycles. The van der Waals surface area contributed by atoms with Crippen LogP contribution in [0, 0.1) is 6.92 Å². The second-order valence-electron chi connectivity index (χ2n) is 3.49. The van der Waals surface area contributed by atoms with Crippen LogP contribution < -0.4 is 5.32 Å². The number of carbonyl (C=O) groups excluding carboxylic acids is 1. The van der Waals surface area contributed by atoms with Crippen molar-refractivity contribution >= 4 is 17.2 Å². The number of aliphatic hydroxyl groups is 2. The second kappa shape index (κ2) is 5.25. The average molecular weight is 229 g/mol. The van der Waals surface area contributed by atoms with Gasteiger partial charge in [-0.1, -0.05) is 0 Å². The van der Waals surface area contributed by atoms with E-state index in [0.29, 0.717) is 0 Å². The first-order chi connectivity index (χ1) is 6.99. The molecule has 0 aliphatic carbocycles. The number of aliphatic hydroxyl groups excluding tert-OH is 2. The number of hydrogen-bond donors (Lipinski definition) is 3. The third-order valence-electron chi connectivity index (χ3n) is 1.90. The first-order valence-electron chi connectivity index (χ1n) is 4.67. The van der Waals surface area contributed by atoms with E-state index in [1.807, 2.05) is 18.4 Å². The third-order valence-corrected chi connectivity index (χ3v) is 3.05.